The maximum atomic E-state index is 13.3. The number of benzene rings is 2. The zero-order valence-electron chi connectivity index (χ0n) is 17.9. The van der Waals surface area contributed by atoms with Crippen molar-refractivity contribution in [1.82, 2.24) is 9.29 Å². The van der Waals surface area contributed by atoms with Gasteiger partial charge in [-0.25, -0.2) is 8.42 Å². The van der Waals surface area contributed by atoms with E-state index in [9.17, 15) is 13.5 Å². The second kappa shape index (κ2) is 10.7. The summed E-state index contributed by atoms with van der Waals surface area (Å²) in [4.78, 5) is 4.51. The smallest absolute Gasteiger partial charge is 0.243 e. The van der Waals surface area contributed by atoms with E-state index in [1.165, 1.54) is 4.31 Å². The predicted octanol–water partition coefficient (Wildman–Crippen LogP) is 4.20. The van der Waals surface area contributed by atoms with Crippen molar-refractivity contribution in [1.29, 1.82) is 0 Å². The molecular weight excluding hydrogens is 408 g/mol. The Morgan fingerprint density at radius 3 is 2.23 bits per heavy atom. The standard InChI is InChI=1S/C25H29N2O3S/c1-20(2)18-27(19-23(28)14-11-21-8-4-3-5-9-21)31(29,30)24-15-12-22(13-16-24)25-10-6-7-17-26-25/h3-10,12-17,20,23,28H,11,18-19H2,1-2H3. The molecule has 0 aliphatic carbocycles. The number of aliphatic hydroxyl groups excluding tert-OH is 1. The average molecular weight is 438 g/mol. The molecule has 3 aromatic rings. The van der Waals surface area contributed by atoms with Crippen molar-refractivity contribution in [3.63, 3.8) is 0 Å². The van der Waals surface area contributed by atoms with Crippen LogP contribution in [-0.2, 0) is 16.4 Å². The molecule has 1 radical (unpaired) electrons. The summed E-state index contributed by atoms with van der Waals surface area (Å²) in [7, 11) is -3.74. The van der Waals surface area contributed by atoms with Gasteiger partial charge in [-0.05, 0) is 48.6 Å². The lowest BCUT2D eigenvalue weighted by Gasteiger charge is -2.26. The molecule has 31 heavy (non-hydrogen) atoms. The number of aliphatic hydroxyl groups is 1. The Balaban J connectivity index is 1.73. The molecule has 0 aliphatic rings. The highest BCUT2D eigenvalue weighted by Gasteiger charge is 2.27. The first-order chi connectivity index (χ1) is 14.9. The Labute approximate surface area is 185 Å². The van der Waals surface area contributed by atoms with Crippen LogP contribution in [0.2, 0.25) is 0 Å². The van der Waals surface area contributed by atoms with Gasteiger partial charge in [-0.3, -0.25) is 4.98 Å². The SMILES string of the molecule is CC(C)CN(CC(O)[CH]Cc1ccccc1)S(=O)(=O)c1ccc(-c2ccccn2)cc1. The minimum atomic E-state index is -3.74. The summed E-state index contributed by atoms with van der Waals surface area (Å²) in [6, 6.07) is 22.1. The van der Waals surface area contributed by atoms with Crippen LogP contribution in [-0.4, -0.2) is 42.0 Å². The Morgan fingerprint density at radius 2 is 1.61 bits per heavy atom. The first-order valence-electron chi connectivity index (χ1n) is 10.4. The van der Waals surface area contributed by atoms with Crippen molar-refractivity contribution < 1.29 is 13.5 Å². The maximum absolute atomic E-state index is 13.3. The molecule has 163 valence electrons. The van der Waals surface area contributed by atoms with Crippen molar-refractivity contribution in [2.75, 3.05) is 13.1 Å². The molecule has 0 fully saturated rings. The van der Waals surface area contributed by atoms with Gasteiger partial charge in [0.15, 0.2) is 0 Å². The van der Waals surface area contributed by atoms with E-state index in [2.05, 4.69) is 4.98 Å². The third-order valence-corrected chi connectivity index (χ3v) is 6.73. The van der Waals surface area contributed by atoms with Crippen LogP contribution in [0.15, 0.2) is 83.9 Å². The van der Waals surface area contributed by atoms with Gasteiger partial charge in [-0.15, -0.1) is 0 Å². The lowest BCUT2D eigenvalue weighted by atomic mass is 10.1. The monoisotopic (exact) mass is 437 g/mol. The van der Waals surface area contributed by atoms with Crippen molar-refractivity contribution in [3.05, 3.63) is 91.0 Å². The van der Waals surface area contributed by atoms with E-state index in [4.69, 9.17) is 0 Å². The molecule has 3 rings (SSSR count). The van der Waals surface area contributed by atoms with E-state index in [1.807, 2.05) is 62.4 Å². The Morgan fingerprint density at radius 1 is 0.935 bits per heavy atom. The molecule has 1 heterocycles. The predicted molar refractivity (Wildman–Crippen MR) is 124 cm³/mol. The van der Waals surface area contributed by atoms with Gasteiger partial charge in [0.1, 0.15) is 0 Å². The Kier molecular flexibility index (Phi) is 7.96. The molecule has 0 bridgehead atoms. The molecule has 0 amide bonds. The van der Waals surface area contributed by atoms with E-state index in [1.54, 1.807) is 36.9 Å². The van der Waals surface area contributed by atoms with Crippen LogP contribution < -0.4 is 0 Å². The number of aromatic nitrogens is 1. The molecule has 0 saturated carbocycles. The summed E-state index contributed by atoms with van der Waals surface area (Å²) < 4.78 is 28.0. The normalized spacial score (nSPS) is 12.9. The van der Waals surface area contributed by atoms with Gasteiger partial charge in [0, 0.05) is 24.8 Å². The van der Waals surface area contributed by atoms with Gasteiger partial charge < -0.3 is 5.11 Å². The summed E-state index contributed by atoms with van der Waals surface area (Å²) in [5.41, 5.74) is 2.72. The lowest BCUT2D eigenvalue weighted by Crippen LogP contribution is -2.40. The topological polar surface area (TPSA) is 70.5 Å². The largest absolute Gasteiger partial charge is 0.391 e. The molecule has 5 nitrogen and oxygen atoms in total. The van der Waals surface area contributed by atoms with Crippen LogP contribution in [0.1, 0.15) is 19.4 Å². The highest BCUT2D eigenvalue weighted by atomic mass is 32.2. The highest BCUT2D eigenvalue weighted by molar-refractivity contribution is 7.89. The van der Waals surface area contributed by atoms with Crippen LogP contribution in [0.3, 0.4) is 0 Å². The number of pyridine rings is 1. The summed E-state index contributed by atoms with van der Waals surface area (Å²) in [5.74, 6) is 0.129. The van der Waals surface area contributed by atoms with Crippen LogP contribution in [0.4, 0.5) is 0 Å². The first kappa shape index (κ1) is 23.1. The van der Waals surface area contributed by atoms with Crippen molar-refractivity contribution in [3.8, 4) is 11.3 Å². The highest BCUT2D eigenvalue weighted by Crippen LogP contribution is 2.23. The van der Waals surface area contributed by atoms with E-state index < -0.39 is 16.1 Å². The third kappa shape index (κ3) is 6.47. The number of hydrogen-bond acceptors (Lipinski definition) is 4. The van der Waals surface area contributed by atoms with Crippen molar-refractivity contribution in [2.45, 2.75) is 31.3 Å². The molecule has 0 saturated heterocycles. The molecule has 1 aromatic heterocycles. The molecular formula is C25H29N2O3S. The van der Waals surface area contributed by atoms with Gasteiger partial charge in [0.2, 0.25) is 10.0 Å². The fourth-order valence-corrected chi connectivity index (χ4v) is 4.95. The number of hydrogen-bond donors (Lipinski definition) is 1. The fourth-order valence-electron chi connectivity index (χ4n) is 3.33. The fraction of sp³-hybridized carbons (Fsp3) is 0.280. The van der Waals surface area contributed by atoms with Gasteiger partial charge in [-0.1, -0.05) is 62.4 Å². The van der Waals surface area contributed by atoms with Crippen LogP contribution >= 0.6 is 0 Å². The molecule has 1 atom stereocenters. The second-order valence-electron chi connectivity index (χ2n) is 7.95. The third-order valence-electron chi connectivity index (χ3n) is 4.88. The molecule has 2 aromatic carbocycles. The molecule has 1 unspecified atom stereocenters. The number of sulfonamides is 1. The molecule has 1 N–H and O–H groups in total. The Hall–Kier alpha value is -2.54. The zero-order chi connectivity index (χ0) is 22.3. The molecule has 6 heteroatoms. The minimum Gasteiger partial charge on any atom is -0.391 e. The van der Waals surface area contributed by atoms with Crippen LogP contribution in [0.25, 0.3) is 11.3 Å². The summed E-state index contributed by atoms with van der Waals surface area (Å²) in [6.45, 7) is 4.29. The summed E-state index contributed by atoms with van der Waals surface area (Å²) >= 11 is 0. The van der Waals surface area contributed by atoms with Crippen LogP contribution in [0.5, 0.6) is 0 Å². The van der Waals surface area contributed by atoms with E-state index in [-0.39, 0.29) is 17.4 Å². The maximum Gasteiger partial charge on any atom is 0.243 e. The first-order valence-corrected chi connectivity index (χ1v) is 11.9. The van der Waals surface area contributed by atoms with Gasteiger partial charge in [0.05, 0.1) is 16.7 Å². The van der Waals surface area contributed by atoms with E-state index in [0.717, 1.165) is 16.8 Å². The quantitative estimate of drug-likeness (QED) is 0.516. The summed E-state index contributed by atoms with van der Waals surface area (Å²) in [5, 5.41) is 10.5. The van der Waals surface area contributed by atoms with Crippen LogP contribution in [0, 0.1) is 12.3 Å². The second-order valence-corrected chi connectivity index (χ2v) is 9.89. The van der Waals surface area contributed by atoms with E-state index >= 15 is 0 Å². The molecule has 0 aliphatic heterocycles. The van der Waals surface area contributed by atoms with Gasteiger partial charge in [0.25, 0.3) is 0 Å². The average Bonchev–Trinajstić information content (AvgIpc) is 2.78. The molecule has 0 spiro atoms. The van der Waals surface area contributed by atoms with Crippen molar-refractivity contribution in [2.24, 2.45) is 5.92 Å². The zero-order valence-corrected chi connectivity index (χ0v) is 18.7. The number of nitrogens with zero attached hydrogens (tertiary/aromatic N) is 2. The van der Waals surface area contributed by atoms with E-state index in [0.29, 0.717) is 13.0 Å². The van der Waals surface area contributed by atoms with Crippen molar-refractivity contribution >= 4 is 10.0 Å². The van der Waals surface area contributed by atoms with Gasteiger partial charge in [-0.2, -0.15) is 4.31 Å². The summed E-state index contributed by atoms with van der Waals surface area (Å²) in [6.07, 6.45) is 3.18. The minimum absolute atomic E-state index is 0.0232. The number of rotatable bonds is 10. The lowest BCUT2D eigenvalue weighted by molar-refractivity contribution is 0.167. The Bertz CT molecular complexity index is 1040. The van der Waals surface area contributed by atoms with Gasteiger partial charge >= 0.3 is 0 Å².